The number of fused-ring (bicyclic) bond motifs is 1. The van der Waals surface area contributed by atoms with Crippen LogP contribution in [0.2, 0.25) is 0 Å². The molecule has 0 fully saturated rings. The summed E-state index contributed by atoms with van der Waals surface area (Å²) in [7, 11) is 1.95. The number of rotatable bonds is 5. The Morgan fingerprint density at radius 2 is 2.15 bits per heavy atom. The molecule has 0 saturated heterocycles. The molecule has 1 aromatic carbocycles. The zero-order valence-corrected chi connectivity index (χ0v) is 12.3. The standard InChI is InChI=1S/C15H22N4O/c1-4-9-15(2,16)14(20)17-10-13-18-11-7-5-6-8-12(11)19(13)3/h5-8H,4,9-10,16H2,1-3H3,(H,17,20). The average Bonchev–Trinajstić information content (AvgIpc) is 2.73. The number of nitrogens with zero attached hydrogens (tertiary/aromatic N) is 2. The summed E-state index contributed by atoms with van der Waals surface area (Å²) >= 11 is 0. The Kier molecular flexibility index (Phi) is 4.09. The van der Waals surface area contributed by atoms with E-state index in [9.17, 15) is 4.79 Å². The lowest BCUT2D eigenvalue weighted by Crippen LogP contribution is -2.51. The van der Waals surface area contributed by atoms with Gasteiger partial charge < -0.3 is 15.6 Å². The van der Waals surface area contributed by atoms with Crippen molar-refractivity contribution in [3.8, 4) is 0 Å². The van der Waals surface area contributed by atoms with Gasteiger partial charge in [0.25, 0.3) is 0 Å². The van der Waals surface area contributed by atoms with E-state index in [-0.39, 0.29) is 5.91 Å². The summed E-state index contributed by atoms with van der Waals surface area (Å²) in [6.07, 6.45) is 1.55. The maximum Gasteiger partial charge on any atom is 0.240 e. The predicted octanol–water partition coefficient (Wildman–Crippen LogP) is 1.71. The van der Waals surface area contributed by atoms with Gasteiger partial charge in [-0.3, -0.25) is 4.79 Å². The number of nitrogens with one attached hydrogen (secondary N) is 1. The van der Waals surface area contributed by atoms with Crippen molar-refractivity contribution in [2.24, 2.45) is 12.8 Å². The highest BCUT2D eigenvalue weighted by Crippen LogP contribution is 2.14. The van der Waals surface area contributed by atoms with E-state index in [1.807, 2.05) is 42.8 Å². The molecule has 0 saturated carbocycles. The fraction of sp³-hybridized carbons (Fsp3) is 0.467. The lowest BCUT2D eigenvalue weighted by Gasteiger charge is -2.22. The zero-order chi connectivity index (χ0) is 14.8. The van der Waals surface area contributed by atoms with Crippen molar-refractivity contribution in [1.82, 2.24) is 14.9 Å². The van der Waals surface area contributed by atoms with Gasteiger partial charge in [-0.2, -0.15) is 0 Å². The van der Waals surface area contributed by atoms with Crippen molar-refractivity contribution in [2.75, 3.05) is 0 Å². The highest BCUT2D eigenvalue weighted by atomic mass is 16.2. The summed E-state index contributed by atoms with van der Waals surface area (Å²) in [6.45, 7) is 4.17. The second-order valence-corrected chi connectivity index (χ2v) is 5.43. The number of hydrogen-bond acceptors (Lipinski definition) is 3. The quantitative estimate of drug-likeness (QED) is 0.871. The smallest absolute Gasteiger partial charge is 0.240 e. The van der Waals surface area contributed by atoms with E-state index in [1.54, 1.807) is 6.92 Å². The SMILES string of the molecule is CCCC(C)(N)C(=O)NCc1nc2ccccc2n1C. The second kappa shape index (κ2) is 5.63. The van der Waals surface area contributed by atoms with Crippen molar-refractivity contribution in [3.63, 3.8) is 0 Å². The molecule has 2 aromatic rings. The van der Waals surface area contributed by atoms with E-state index in [0.717, 1.165) is 23.3 Å². The van der Waals surface area contributed by atoms with Crippen molar-refractivity contribution >= 4 is 16.9 Å². The monoisotopic (exact) mass is 274 g/mol. The van der Waals surface area contributed by atoms with Crippen molar-refractivity contribution in [2.45, 2.75) is 38.8 Å². The molecule has 1 amide bonds. The van der Waals surface area contributed by atoms with Crippen molar-refractivity contribution in [1.29, 1.82) is 0 Å². The van der Waals surface area contributed by atoms with Crippen LogP contribution in [0, 0.1) is 0 Å². The molecule has 0 aliphatic carbocycles. The first-order valence-corrected chi connectivity index (χ1v) is 6.93. The van der Waals surface area contributed by atoms with Crippen LogP contribution >= 0.6 is 0 Å². The molecular formula is C15H22N4O. The summed E-state index contributed by atoms with van der Waals surface area (Å²) in [5.74, 6) is 0.693. The van der Waals surface area contributed by atoms with Gasteiger partial charge in [0, 0.05) is 7.05 Å². The Hall–Kier alpha value is -1.88. The van der Waals surface area contributed by atoms with E-state index in [1.165, 1.54) is 0 Å². The topological polar surface area (TPSA) is 72.9 Å². The number of aromatic nitrogens is 2. The van der Waals surface area contributed by atoms with Gasteiger partial charge in [0.05, 0.1) is 23.1 Å². The fourth-order valence-electron chi connectivity index (χ4n) is 2.35. The molecule has 1 heterocycles. The van der Waals surface area contributed by atoms with Crippen LogP contribution in [0.15, 0.2) is 24.3 Å². The van der Waals surface area contributed by atoms with Crippen LogP contribution in [-0.4, -0.2) is 21.0 Å². The summed E-state index contributed by atoms with van der Waals surface area (Å²) < 4.78 is 1.99. The minimum Gasteiger partial charge on any atom is -0.347 e. The summed E-state index contributed by atoms with van der Waals surface area (Å²) in [6, 6.07) is 7.91. The first-order valence-electron chi connectivity index (χ1n) is 6.93. The molecule has 3 N–H and O–H groups in total. The number of carbonyl (C=O) groups excluding carboxylic acids is 1. The predicted molar refractivity (Wildman–Crippen MR) is 80.1 cm³/mol. The van der Waals surface area contributed by atoms with Crippen LogP contribution in [-0.2, 0) is 18.4 Å². The molecule has 108 valence electrons. The van der Waals surface area contributed by atoms with Gasteiger partial charge in [-0.15, -0.1) is 0 Å². The van der Waals surface area contributed by atoms with E-state index in [4.69, 9.17) is 5.73 Å². The number of carbonyl (C=O) groups is 1. The molecule has 2 rings (SSSR count). The highest BCUT2D eigenvalue weighted by molar-refractivity contribution is 5.85. The van der Waals surface area contributed by atoms with Crippen LogP contribution in [0.5, 0.6) is 0 Å². The Bertz CT molecular complexity index is 615. The first-order chi connectivity index (χ1) is 9.45. The van der Waals surface area contributed by atoms with E-state index >= 15 is 0 Å². The molecule has 1 aromatic heterocycles. The Morgan fingerprint density at radius 3 is 2.80 bits per heavy atom. The Labute approximate surface area is 119 Å². The molecule has 0 aliphatic heterocycles. The van der Waals surface area contributed by atoms with Gasteiger partial charge in [0.2, 0.25) is 5.91 Å². The first kappa shape index (κ1) is 14.5. The highest BCUT2D eigenvalue weighted by Gasteiger charge is 2.27. The van der Waals surface area contributed by atoms with Gasteiger partial charge in [0.15, 0.2) is 0 Å². The molecule has 1 unspecified atom stereocenters. The second-order valence-electron chi connectivity index (χ2n) is 5.43. The van der Waals surface area contributed by atoms with Gasteiger partial charge in [-0.25, -0.2) is 4.98 Å². The number of aryl methyl sites for hydroxylation is 1. The number of para-hydroxylation sites is 2. The maximum atomic E-state index is 12.1. The molecule has 0 radical (unpaired) electrons. The minimum atomic E-state index is -0.820. The van der Waals surface area contributed by atoms with Gasteiger partial charge in [-0.1, -0.05) is 25.5 Å². The molecule has 0 aliphatic rings. The lowest BCUT2D eigenvalue weighted by molar-refractivity contribution is -0.126. The maximum absolute atomic E-state index is 12.1. The van der Waals surface area contributed by atoms with Gasteiger partial charge in [-0.05, 0) is 25.5 Å². The zero-order valence-electron chi connectivity index (χ0n) is 12.3. The molecule has 5 nitrogen and oxygen atoms in total. The van der Waals surface area contributed by atoms with Crippen LogP contribution in [0.25, 0.3) is 11.0 Å². The summed E-state index contributed by atoms with van der Waals surface area (Å²) in [4.78, 5) is 16.6. The molecular weight excluding hydrogens is 252 g/mol. The van der Waals surface area contributed by atoms with Crippen molar-refractivity contribution in [3.05, 3.63) is 30.1 Å². The third-order valence-corrected chi connectivity index (χ3v) is 3.57. The van der Waals surface area contributed by atoms with E-state index in [0.29, 0.717) is 13.0 Å². The van der Waals surface area contributed by atoms with Crippen LogP contribution in [0.4, 0.5) is 0 Å². The van der Waals surface area contributed by atoms with Crippen molar-refractivity contribution < 1.29 is 4.79 Å². The number of benzene rings is 1. The third-order valence-electron chi connectivity index (χ3n) is 3.57. The van der Waals surface area contributed by atoms with Crippen LogP contribution in [0.1, 0.15) is 32.5 Å². The summed E-state index contributed by atoms with van der Waals surface area (Å²) in [5.41, 5.74) is 7.18. The van der Waals surface area contributed by atoms with Gasteiger partial charge in [0.1, 0.15) is 5.82 Å². The van der Waals surface area contributed by atoms with Gasteiger partial charge >= 0.3 is 0 Å². The number of amides is 1. The Morgan fingerprint density at radius 1 is 1.45 bits per heavy atom. The lowest BCUT2D eigenvalue weighted by atomic mass is 9.97. The number of hydrogen-bond donors (Lipinski definition) is 2. The third kappa shape index (κ3) is 2.82. The number of nitrogens with two attached hydrogens (primary N) is 1. The number of imidazole rings is 1. The molecule has 0 spiro atoms. The van der Waals surface area contributed by atoms with E-state index < -0.39 is 5.54 Å². The Balaban J connectivity index is 2.10. The van der Waals surface area contributed by atoms with Crippen LogP contribution in [0.3, 0.4) is 0 Å². The largest absolute Gasteiger partial charge is 0.347 e. The van der Waals surface area contributed by atoms with E-state index in [2.05, 4.69) is 10.3 Å². The molecule has 5 heteroatoms. The van der Waals surface area contributed by atoms with Crippen LogP contribution < -0.4 is 11.1 Å². The average molecular weight is 274 g/mol. The molecule has 20 heavy (non-hydrogen) atoms. The molecule has 0 bridgehead atoms. The fourth-order valence-corrected chi connectivity index (χ4v) is 2.35. The molecule has 1 atom stereocenters. The minimum absolute atomic E-state index is 0.133. The summed E-state index contributed by atoms with van der Waals surface area (Å²) in [5, 5.41) is 2.88. The normalized spacial score (nSPS) is 14.2.